The second-order valence-electron chi connectivity index (χ2n) is 9.98. The molecule has 1 atom stereocenters. The van der Waals surface area contributed by atoms with Crippen molar-refractivity contribution < 1.29 is 9.53 Å². The Balaban J connectivity index is 1.64. The number of rotatable bonds is 5. The van der Waals surface area contributed by atoms with Crippen LogP contribution in [-0.2, 0) is 11.4 Å². The van der Waals surface area contributed by atoms with Crippen LogP contribution < -0.4 is 15.4 Å². The van der Waals surface area contributed by atoms with Gasteiger partial charge in [0.15, 0.2) is 5.78 Å². The number of ketones is 1. The first-order valence-corrected chi connectivity index (χ1v) is 13.2. The van der Waals surface area contributed by atoms with Gasteiger partial charge in [0.05, 0.1) is 23.2 Å². The van der Waals surface area contributed by atoms with Crippen LogP contribution in [0.1, 0.15) is 53.0 Å². The van der Waals surface area contributed by atoms with Gasteiger partial charge in [-0.3, -0.25) is 9.69 Å². The largest absolute Gasteiger partial charge is 0.489 e. The number of ether oxygens (including phenoxy) is 1. The molecule has 0 spiro atoms. The minimum Gasteiger partial charge on any atom is -0.489 e. The van der Waals surface area contributed by atoms with Crippen LogP contribution in [0.15, 0.2) is 83.3 Å². The fourth-order valence-electron chi connectivity index (χ4n) is 5.59. The minimum absolute atomic E-state index is 0.0787. The van der Waals surface area contributed by atoms with Gasteiger partial charge in [-0.1, -0.05) is 47.5 Å². The van der Waals surface area contributed by atoms with Gasteiger partial charge in [-0.25, -0.2) is 0 Å². The number of hydrogen-bond donors (Lipinski definition) is 1. The average Bonchev–Trinajstić information content (AvgIpc) is 2.90. The lowest BCUT2D eigenvalue weighted by molar-refractivity contribution is -0.116. The summed E-state index contributed by atoms with van der Waals surface area (Å²) in [6.45, 7) is 6.42. The molecule has 6 heteroatoms. The van der Waals surface area contributed by atoms with Crippen molar-refractivity contribution in [3.8, 4) is 11.8 Å². The Hall–Kier alpha value is -4.01. The maximum absolute atomic E-state index is 13.6. The molecule has 1 heterocycles. The van der Waals surface area contributed by atoms with E-state index in [1.165, 1.54) is 0 Å². The average molecular weight is 524 g/mol. The molecule has 1 unspecified atom stereocenters. The van der Waals surface area contributed by atoms with Crippen LogP contribution in [0, 0.1) is 32.1 Å². The fourth-order valence-corrected chi connectivity index (χ4v) is 5.72. The van der Waals surface area contributed by atoms with Gasteiger partial charge >= 0.3 is 0 Å². The Bertz CT molecular complexity index is 1530. The molecule has 0 aromatic heterocycles. The van der Waals surface area contributed by atoms with Gasteiger partial charge in [0.25, 0.3) is 0 Å². The van der Waals surface area contributed by atoms with E-state index in [4.69, 9.17) is 22.1 Å². The minimum atomic E-state index is -0.516. The lowest BCUT2D eigenvalue weighted by atomic mass is 9.73. The van der Waals surface area contributed by atoms with Gasteiger partial charge in [0.1, 0.15) is 18.2 Å². The molecule has 2 N–H and O–H groups in total. The summed E-state index contributed by atoms with van der Waals surface area (Å²) in [7, 11) is 0. The standard InChI is InChI=1S/C32H30ClN3O2/c1-19-15-22(18-38-24-13-11-23(33)12-14-24)21(3)25(16-19)30-26(17-34)32(35)36(27-8-5-4-7-20(27)2)28-9-6-10-29(37)31(28)30/h4-5,7-8,11-16,30H,6,9-10,18,35H2,1-3H3. The van der Waals surface area contributed by atoms with E-state index < -0.39 is 5.92 Å². The van der Waals surface area contributed by atoms with Crippen molar-refractivity contribution in [2.75, 3.05) is 4.90 Å². The normalized spacial score (nSPS) is 17.4. The Morgan fingerprint density at radius 1 is 1.08 bits per heavy atom. The number of carbonyl (C=O) groups is 1. The van der Waals surface area contributed by atoms with Crippen LogP contribution in [0.5, 0.6) is 5.75 Å². The number of benzene rings is 3. The van der Waals surface area contributed by atoms with Gasteiger partial charge in [-0.2, -0.15) is 5.26 Å². The SMILES string of the molecule is Cc1cc(COc2ccc(Cl)cc2)c(C)c(C2C(C#N)=C(N)N(c3ccccc3C)C3=C2C(=O)CCC3)c1. The molecule has 0 saturated carbocycles. The molecule has 0 bridgehead atoms. The van der Waals surface area contributed by atoms with E-state index in [9.17, 15) is 10.1 Å². The van der Waals surface area contributed by atoms with Crippen molar-refractivity contribution in [2.24, 2.45) is 5.73 Å². The summed E-state index contributed by atoms with van der Waals surface area (Å²) >= 11 is 6.01. The highest BCUT2D eigenvalue weighted by Crippen LogP contribution is 2.47. The van der Waals surface area contributed by atoms with Crippen LogP contribution in [0.25, 0.3) is 0 Å². The van der Waals surface area contributed by atoms with Crippen LogP contribution >= 0.6 is 11.6 Å². The van der Waals surface area contributed by atoms with Crippen molar-refractivity contribution in [1.82, 2.24) is 0 Å². The summed E-state index contributed by atoms with van der Waals surface area (Å²) in [5.74, 6) is 0.671. The van der Waals surface area contributed by atoms with Gasteiger partial charge in [-0.15, -0.1) is 0 Å². The Kier molecular flexibility index (Phi) is 7.01. The summed E-state index contributed by atoms with van der Waals surface area (Å²) in [4.78, 5) is 15.5. The van der Waals surface area contributed by atoms with E-state index in [0.717, 1.165) is 57.8 Å². The van der Waals surface area contributed by atoms with Gasteiger partial charge in [-0.05, 0) is 86.2 Å². The predicted octanol–water partition coefficient (Wildman–Crippen LogP) is 7.15. The number of nitriles is 1. The second kappa shape index (κ2) is 10.4. The molecule has 5 nitrogen and oxygen atoms in total. The topological polar surface area (TPSA) is 79.3 Å². The first-order chi connectivity index (χ1) is 18.3. The van der Waals surface area contributed by atoms with Crippen LogP contribution in [-0.4, -0.2) is 5.78 Å². The van der Waals surface area contributed by atoms with Crippen LogP contribution in [0.2, 0.25) is 5.02 Å². The quantitative estimate of drug-likeness (QED) is 0.384. The van der Waals surface area contributed by atoms with E-state index in [1.54, 1.807) is 12.1 Å². The van der Waals surface area contributed by atoms with Gasteiger partial charge in [0, 0.05) is 22.7 Å². The maximum atomic E-state index is 13.6. The zero-order chi connectivity index (χ0) is 27.0. The summed E-state index contributed by atoms with van der Waals surface area (Å²) in [5, 5.41) is 11.1. The maximum Gasteiger partial charge on any atom is 0.161 e. The highest BCUT2D eigenvalue weighted by molar-refractivity contribution is 6.30. The Morgan fingerprint density at radius 3 is 2.53 bits per heavy atom. The smallest absolute Gasteiger partial charge is 0.161 e. The Labute approximate surface area is 228 Å². The molecule has 1 aliphatic carbocycles. The molecule has 0 amide bonds. The third-order valence-corrected chi connectivity index (χ3v) is 7.74. The highest BCUT2D eigenvalue weighted by Gasteiger charge is 2.41. The number of halogens is 1. The van der Waals surface area contributed by atoms with Crippen molar-refractivity contribution >= 4 is 23.1 Å². The molecular formula is C32H30ClN3O2. The van der Waals surface area contributed by atoms with Crippen molar-refractivity contribution in [1.29, 1.82) is 5.26 Å². The number of anilines is 1. The number of nitrogens with two attached hydrogens (primary N) is 1. The molecule has 192 valence electrons. The molecule has 0 fully saturated rings. The number of Topliss-reactive ketones (excluding diaryl/α,β-unsaturated/α-hetero) is 1. The van der Waals surface area contributed by atoms with E-state index in [1.807, 2.05) is 62.1 Å². The zero-order valence-electron chi connectivity index (χ0n) is 21.8. The van der Waals surface area contributed by atoms with Crippen LogP contribution in [0.4, 0.5) is 5.69 Å². The number of allylic oxidation sites excluding steroid dienone is 3. The molecule has 1 aliphatic heterocycles. The number of para-hydroxylation sites is 1. The molecule has 5 rings (SSSR count). The molecule has 0 saturated heterocycles. The monoisotopic (exact) mass is 523 g/mol. The summed E-state index contributed by atoms with van der Waals surface area (Å²) < 4.78 is 6.07. The third-order valence-electron chi connectivity index (χ3n) is 7.49. The van der Waals surface area contributed by atoms with Gasteiger partial charge in [0.2, 0.25) is 0 Å². The van der Waals surface area contributed by atoms with E-state index in [0.29, 0.717) is 35.0 Å². The van der Waals surface area contributed by atoms with E-state index in [2.05, 4.69) is 18.2 Å². The molecule has 3 aromatic rings. The van der Waals surface area contributed by atoms with Gasteiger partial charge < -0.3 is 10.5 Å². The number of nitrogens with zero attached hydrogens (tertiary/aromatic N) is 2. The van der Waals surface area contributed by atoms with Crippen molar-refractivity contribution in [3.63, 3.8) is 0 Å². The second-order valence-corrected chi connectivity index (χ2v) is 10.4. The highest BCUT2D eigenvalue weighted by atomic mass is 35.5. The summed E-state index contributed by atoms with van der Waals surface area (Å²) in [6.07, 6.45) is 1.95. The number of aryl methyl sites for hydroxylation is 2. The molecule has 2 aliphatic rings. The summed E-state index contributed by atoms with van der Waals surface area (Å²) in [5.41, 5.74) is 14.6. The summed E-state index contributed by atoms with van der Waals surface area (Å²) in [6, 6.07) is 21.8. The lowest BCUT2D eigenvalue weighted by Crippen LogP contribution is -2.39. The van der Waals surface area contributed by atoms with E-state index in [-0.39, 0.29) is 5.78 Å². The first-order valence-electron chi connectivity index (χ1n) is 12.8. The van der Waals surface area contributed by atoms with Crippen LogP contribution in [0.3, 0.4) is 0 Å². The molecule has 0 radical (unpaired) electrons. The molecular weight excluding hydrogens is 494 g/mol. The predicted molar refractivity (Wildman–Crippen MR) is 151 cm³/mol. The number of carbonyl (C=O) groups excluding carboxylic acids is 1. The lowest BCUT2D eigenvalue weighted by Gasteiger charge is -2.40. The molecule has 3 aromatic carbocycles. The number of hydrogen-bond acceptors (Lipinski definition) is 5. The Morgan fingerprint density at radius 2 is 1.82 bits per heavy atom. The first kappa shape index (κ1) is 25.6. The zero-order valence-corrected chi connectivity index (χ0v) is 22.6. The fraction of sp³-hybridized carbons (Fsp3) is 0.250. The van der Waals surface area contributed by atoms with Crippen molar-refractivity contribution in [3.05, 3.63) is 116 Å². The third kappa shape index (κ3) is 4.57. The molecule has 38 heavy (non-hydrogen) atoms. The van der Waals surface area contributed by atoms with Crippen molar-refractivity contribution in [2.45, 2.75) is 52.6 Å². The van der Waals surface area contributed by atoms with E-state index >= 15 is 0 Å².